The number of rotatable bonds is 7. The summed E-state index contributed by atoms with van der Waals surface area (Å²) < 4.78 is 5.24. The molecule has 3 aromatic rings. The van der Waals surface area contributed by atoms with E-state index in [-0.39, 0.29) is 24.7 Å². The average Bonchev–Trinajstić information content (AvgIpc) is 2.71. The van der Waals surface area contributed by atoms with Crippen LogP contribution in [0.15, 0.2) is 84.9 Å². The van der Waals surface area contributed by atoms with Crippen LogP contribution >= 0.6 is 11.6 Å². The lowest BCUT2D eigenvalue weighted by atomic mass is 9.89. The van der Waals surface area contributed by atoms with Crippen molar-refractivity contribution in [1.29, 1.82) is 0 Å². The van der Waals surface area contributed by atoms with Crippen LogP contribution in [0.1, 0.15) is 33.8 Å². The number of benzene rings is 3. The molecule has 0 radical (unpaired) electrons. The predicted molar refractivity (Wildman–Crippen MR) is 106 cm³/mol. The molecular weight excluding hydrogens is 360 g/mol. The Kier molecular flexibility index (Phi) is 6.39. The molecular formula is C23H19ClO3. The highest BCUT2D eigenvalue weighted by Gasteiger charge is 2.20. The Morgan fingerprint density at radius 2 is 1.41 bits per heavy atom. The molecule has 3 rings (SSSR count). The van der Waals surface area contributed by atoms with Gasteiger partial charge >= 0.3 is 5.97 Å². The van der Waals surface area contributed by atoms with E-state index in [1.54, 1.807) is 24.3 Å². The molecule has 0 aliphatic heterocycles. The highest BCUT2D eigenvalue weighted by molar-refractivity contribution is 6.31. The number of carbonyl (C=O) groups is 2. The van der Waals surface area contributed by atoms with Crippen molar-refractivity contribution in [2.45, 2.75) is 12.3 Å². The quantitative estimate of drug-likeness (QED) is 0.414. The first-order valence-corrected chi connectivity index (χ1v) is 9.05. The topological polar surface area (TPSA) is 43.4 Å². The van der Waals surface area contributed by atoms with Crippen molar-refractivity contribution in [3.63, 3.8) is 0 Å². The summed E-state index contributed by atoms with van der Waals surface area (Å²) in [6.45, 7) is -0.296. The fourth-order valence-corrected chi connectivity index (χ4v) is 3.11. The zero-order chi connectivity index (χ0) is 19.1. The van der Waals surface area contributed by atoms with E-state index < -0.39 is 5.97 Å². The molecule has 0 fully saturated rings. The van der Waals surface area contributed by atoms with Crippen LogP contribution in [0.4, 0.5) is 0 Å². The standard InChI is InChI=1S/C23H19ClO3/c24-20-13-7-12-19(14-20)22(25)16-27-23(26)15-21(17-8-3-1-4-9-17)18-10-5-2-6-11-18/h1-14,21H,15-16H2. The summed E-state index contributed by atoms with van der Waals surface area (Å²) >= 11 is 5.90. The molecule has 0 unspecified atom stereocenters. The van der Waals surface area contributed by atoms with E-state index in [1.165, 1.54) is 0 Å². The predicted octanol–water partition coefficient (Wildman–Crippen LogP) is 5.29. The summed E-state index contributed by atoms with van der Waals surface area (Å²) in [7, 11) is 0. The Balaban J connectivity index is 1.67. The summed E-state index contributed by atoms with van der Waals surface area (Å²) in [4.78, 5) is 24.6. The van der Waals surface area contributed by atoms with Crippen LogP contribution in [0.5, 0.6) is 0 Å². The van der Waals surface area contributed by atoms with Crippen molar-refractivity contribution in [3.05, 3.63) is 107 Å². The largest absolute Gasteiger partial charge is 0.457 e. The number of hydrogen-bond donors (Lipinski definition) is 0. The number of halogens is 1. The molecule has 0 saturated carbocycles. The molecule has 0 aliphatic carbocycles. The first-order chi connectivity index (χ1) is 13.1. The Morgan fingerprint density at radius 1 is 0.815 bits per heavy atom. The zero-order valence-corrected chi connectivity index (χ0v) is 15.4. The van der Waals surface area contributed by atoms with Gasteiger partial charge in [0, 0.05) is 16.5 Å². The number of hydrogen-bond acceptors (Lipinski definition) is 3. The van der Waals surface area contributed by atoms with Crippen molar-refractivity contribution in [2.24, 2.45) is 0 Å². The molecule has 0 bridgehead atoms. The highest BCUT2D eigenvalue weighted by atomic mass is 35.5. The SMILES string of the molecule is O=C(CC(c1ccccc1)c1ccccc1)OCC(=O)c1cccc(Cl)c1. The zero-order valence-electron chi connectivity index (χ0n) is 14.7. The summed E-state index contributed by atoms with van der Waals surface area (Å²) in [5, 5.41) is 0.473. The third kappa shape index (κ3) is 5.28. The minimum atomic E-state index is -0.414. The van der Waals surface area contributed by atoms with Gasteiger partial charge in [-0.1, -0.05) is 84.4 Å². The van der Waals surface area contributed by atoms with Crippen LogP contribution in [-0.2, 0) is 9.53 Å². The Hall–Kier alpha value is -2.91. The number of ether oxygens (including phenoxy) is 1. The van der Waals surface area contributed by atoms with Crippen molar-refractivity contribution < 1.29 is 14.3 Å². The van der Waals surface area contributed by atoms with Gasteiger partial charge in [0.1, 0.15) is 0 Å². The van der Waals surface area contributed by atoms with E-state index in [2.05, 4.69) is 0 Å². The second-order valence-corrected chi connectivity index (χ2v) is 6.61. The lowest BCUT2D eigenvalue weighted by molar-refractivity contribution is -0.142. The summed E-state index contributed by atoms with van der Waals surface area (Å²) in [6, 6.07) is 26.2. The lowest BCUT2D eigenvalue weighted by Crippen LogP contribution is -2.17. The van der Waals surface area contributed by atoms with Gasteiger partial charge in [0.25, 0.3) is 0 Å². The van der Waals surface area contributed by atoms with E-state index in [0.717, 1.165) is 11.1 Å². The molecule has 0 spiro atoms. The van der Waals surface area contributed by atoms with E-state index in [1.807, 2.05) is 60.7 Å². The summed E-state index contributed by atoms with van der Waals surface area (Å²) in [5.41, 5.74) is 2.49. The second kappa shape index (κ2) is 9.15. The molecule has 0 atom stereocenters. The molecule has 136 valence electrons. The summed E-state index contributed by atoms with van der Waals surface area (Å²) in [6.07, 6.45) is 0.164. The summed E-state index contributed by atoms with van der Waals surface area (Å²) in [5.74, 6) is -0.814. The molecule has 3 nitrogen and oxygen atoms in total. The van der Waals surface area contributed by atoms with Crippen LogP contribution < -0.4 is 0 Å². The highest BCUT2D eigenvalue weighted by Crippen LogP contribution is 2.28. The molecule has 0 amide bonds. The number of esters is 1. The van der Waals surface area contributed by atoms with Crippen LogP contribution in [0.2, 0.25) is 5.02 Å². The van der Waals surface area contributed by atoms with Crippen molar-refractivity contribution in [1.82, 2.24) is 0 Å². The monoisotopic (exact) mass is 378 g/mol. The molecule has 0 aliphatic rings. The first kappa shape index (κ1) is 18.9. The molecule has 0 heterocycles. The first-order valence-electron chi connectivity index (χ1n) is 8.68. The fraction of sp³-hybridized carbons (Fsp3) is 0.130. The second-order valence-electron chi connectivity index (χ2n) is 6.17. The van der Waals surface area contributed by atoms with Gasteiger partial charge in [-0.05, 0) is 23.3 Å². The van der Waals surface area contributed by atoms with Gasteiger partial charge in [-0.2, -0.15) is 0 Å². The Bertz CT molecular complexity index is 868. The fourth-order valence-electron chi connectivity index (χ4n) is 2.92. The van der Waals surface area contributed by atoms with Crippen LogP contribution in [0, 0.1) is 0 Å². The third-order valence-electron chi connectivity index (χ3n) is 4.29. The number of carbonyl (C=O) groups excluding carboxylic acids is 2. The van der Waals surface area contributed by atoms with Crippen LogP contribution in [0.3, 0.4) is 0 Å². The van der Waals surface area contributed by atoms with Gasteiger partial charge in [0.05, 0.1) is 6.42 Å². The minimum absolute atomic E-state index is 0.124. The van der Waals surface area contributed by atoms with E-state index in [4.69, 9.17) is 16.3 Å². The lowest BCUT2D eigenvalue weighted by Gasteiger charge is -2.17. The number of ketones is 1. The molecule has 3 aromatic carbocycles. The maximum Gasteiger partial charge on any atom is 0.307 e. The molecule has 0 N–H and O–H groups in total. The third-order valence-corrected chi connectivity index (χ3v) is 4.52. The van der Waals surface area contributed by atoms with Crippen molar-refractivity contribution in [3.8, 4) is 0 Å². The van der Waals surface area contributed by atoms with Gasteiger partial charge in [0.2, 0.25) is 0 Å². The van der Waals surface area contributed by atoms with E-state index >= 15 is 0 Å². The maximum atomic E-state index is 12.4. The van der Waals surface area contributed by atoms with Gasteiger partial charge in [-0.25, -0.2) is 0 Å². The normalized spacial score (nSPS) is 10.6. The van der Waals surface area contributed by atoms with Crippen molar-refractivity contribution >= 4 is 23.4 Å². The maximum absolute atomic E-state index is 12.4. The van der Waals surface area contributed by atoms with E-state index in [0.29, 0.717) is 10.6 Å². The molecule has 27 heavy (non-hydrogen) atoms. The molecule has 4 heteroatoms. The van der Waals surface area contributed by atoms with Gasteiger partial charge in [-0.15, -0.1) is 0 Å². The van der Waals surface area contributed by atoms with E-state index in [9.17, 15) is 9.59 Å². The van der Waals surface area contributed by atoms with Crippen molar-refractivity contribution in [2.75, 3.05) is 6.61 Å². The van der Waals surface area contributed by atoms with Crippen LogP contribution in [-0.4, -0.2) is 18.4 Å². The number of Topliss-reactive ketones (excluding diaryl/α,β-unsaturated/α-hetero) is 1. The average molecular weight is 379 g/mol. The smallest absolute Gasteiger partial charge is 0.307 e. The minimum Gasteiger partial charge on any atom is -0.457 e. The molecule has 0 aromatic heterocycles. The van der Waals surface area contributed by atoms with Gasteiger partial charge in [0.15, 0.2) is 12.4 Å². The Morgan fingerprint density at radius 3 is 1.96 bits per heavy atom. The Labute approximate surface area is 163 Å². The molecule has 0 saturated heterocycles. The van der Waals surface area contributed by atoms with Gasteiger partial charge < -0.3 is 4.74 Å². The van der Waals surface area contributed by atoms with Gasteiger partial charge in [-0.3, -0.25) is 9.59 Å². The van der Waals surface area contributed by atoms with Crippen LogP contribution in [0.25, 0.3) is 0 Å².